The van der Waals surface area contributed by atoms with Crippen LogP contribution in [0, 0.1) is 0 Å². The van der Waals surface area contributed by atoms with E-state index in [1.807, 2.05) is 36.0 Å². The Morgan fingerprint density at radius 3 is 2.92 bits per heavy atom. The number of fused-ring (bicyclic) bond motifs is 3. The van der Waals surface area contributed by atoms with E-state index in [4.69, 9.17) is 9.84 Å². The number of aromatic nitrogens is 2. The maximum atomic E-state index is 12.6. The molecule has 1 aromatic carbocycles. The lowest BCUT2D eigenvalue weighted by Crippen LogP contribution is -2.10. The van der Waals surface area contributed by atoms with Gasteiger partial charge >= 0.3 is 0 Å². The number of rotatable bonds is 4. The average molecular weight is 360 g/mol. The quantitative estimate of drug-likeness (QED) is 0.748. The summed E-state index contributed by atoms with van der Waals surface area (Å²) in [6, 6.07) is 7.34. The van der Waals surface area contributed by atoms with Gasteiger partial charge in [-0.25, -0.2) is 4.98 Å². The molecule has 0 radical (unpaired) electrons. The van der Waals surface area contributed by atoms with Crippen LogP contribution in [-0.2, 0) is 6.42 Å². The van der Waals surface area contributed by atoms with Gasteiger partial charge in [-0.15, -0.1) is 23.1 Å². The van der Waals surface area contributed by atoms with Crippen LogP contribution in [0.2, 0.25) is 0 Å². The van der Waals surface area contributed by atoms with Crippen molar-refractivity contribution in [2.45, 2.75) is 17.1 Å². The number of aryl methyl sites for hydroxylation is 1. The second kappa shape index (κ2) is 6.58. The fourth-order valence-electron chi connectivity index (χ4n) is 2.81. The summed E-state index contributed by atoms with van der Waals surface area (Å²) in [5, 5.41) is 9.54. The van der Waals surface area contributed by atoms with E-state index in [1.165, 1.54) is 9.77 Å². The van der Waals surface area contributed by atoms with Crippen LogP contribution < -0.4 is 10.3 Å². The number of thioether (sulfide) groups is 1. The Labute approximate surface area is 146 Å². The molecule has 3 heterocycles. The Balaban J connectivity index is 1.73. The zero-order valence-electron chi connectivity index (χ0n) is 12.9. The first kappa shape index (κ1) is 15.7. The van der Waals surface area contributed by atoms with Gasteiger partial charge in [0, 0.05) is 5.56 Å². The predicted molar refractivity (Wildman–Crippen MR) is 97.3 cm³/mol. The molecule has 0 spiro atoms. The second-order valence-electron chi connectivity index (χ2n) is 5.51. The number of aliphatic hydroxyl groups excluding tert-OH is 1. The number of hydrogen-bond donors (Lipinski definition) is 2. The lowest BCUT2D eigenvalue weighted by atomic mass is 10.1. The summed E-state index contributed by atoms with van der Waals surface area (Å²) < 4.78 is 6.59. The molecule has 0 unspecified atom stereocenters. The van der Waals surface area contributed by atoms with E-state index in [1.54, 1.807) is 11.3 Å². The Hall–Kier alpha value is -1.83. The number of thiophene rings is 1. The van der Waals surface area contributed by atoms with Gasteiger partial charge in [0.1, 0.15) is 23.0 Å². The van der Waals surface area contributed by atoms with Gasteiger partial charge in [0.2, 0.25) is 0 Å². The number of ether oxygens (including phenoxy) is 1. The molecule has 24 heavy (non-hydrogen) atoms. The van der Waals surface area contributed by atoms with E-state index in [-0.39, 0.29) is 18.8 Å². The van der Waals surface area contributed by atoms with Crippen molar-refractivity contribution in [2.75, 3.05) is 19.0 Å². The average Bonchev–Trinajstić information content (AvgIpc) is 2.99. The third kappa shape index (κ3) is 2.83. The molecule has 1 aliphatic rings. The van der Waals surface area contributed by atoms with Gasteiger partial charge in [-0.05, 0) is 48.4 Å². The van der Waals surface area contributed by atoms with Crippen molar-refractivity contribution < 1.29 is 9.84 Å². The number of hydrogen-bond acceptors (Lipinski definition) is 6. The molecule has 124 valence electrons. The third-order valence-corrected chi connectivity index (χ3v) is 6.44. The summed E-state index contributed by atoms with van der Waals surface area (Å²) in [5.41, 5.74) is 1.94. The molecule has 2 aromatic heterocycles. The standard InChI is InChI=1S/C17H16N2O3S2/c20-7-8-22-11-5-3-10(4-6-11)14-18-15(21)13-12-2-1-9-23-17(12)24-16(13)19-14/h3-6,20H,1-2,7-9H2,(H,18,19,21). The van der Waals surface area contributed by atoms with E-state index in [9.17, 15) is 4.79 Å². The number of aromatic amines is 1. The van der Waals surface area contributed by atoms with Gasteiger partial charge in [0.05, 0.1) is 16.2 Å². The Kier molecular flexibility index (Phi) is 4.30. The van der Waals surface area contributed by atoms with Crippen LogP contribution in [0.4, 0.5) is 0 Å². The molecule has 0 atom stereocenters. The zero-order chi connectivity index (χ0) is 16.5. The zero-order valence-corrected chi connectivity index (χ0v) is 14.5. The van der Waals surface area contributed by atoms with Gasteiger partial charge in [-0.3, -0.25) is 4.79 Å². The van der Waals surface area contributed by atoms with Crippen molar-refractivity contribution in [3.05, 3.63) is 40.2 Å². The number of H-pyrrole nitrogens is 1. The maximum absolute atomic E-state index is 12.6. The van der Waals surface area contributed by atoms with Crippen LogP contribution in [0.15, 0.2) is 33.3 Å². The fourth-order valence-corrected chi connectivity index (χ4v) is 5.34. The van der Waals surface area contributed by atoms with Crippen LogP contribution in [-0.4, -0.2) is 34.0 Å². The van der Waals surface area contributed by atoms with Crippen molar-refractivity contribution in [3.8, 4) is 17.1 Å². The number of benzene rings is 1. The van der Waals surface area contributed by atoms with Crippen LogP contribution in [0.25, 0.3) is 21.6 Å². The smallest absolute Gasteiger partial charge is 0.260 e. The van der Waals surface area contributed by atoms with Gasteiger partial charge in [-0.2, -0.15) is 0 Å². The highest BCUT2D eigenvalue weighted by Gasteiger charge is 2.20. The summed E-state index contributed by atoms with van der Waals surface area (Å²) in [4.78, 5) is 21.0. The highest BCUT2D eigenvalue weighted by atomic mass is 32.2. The first-order chi connectivity index (χ1) is 11.8. The molecule has 7 heteroatoms. The SMILES string of the molecule is O=c1[nH]c(-c2ccc(OCCO)cc2)nc2sc3c(c12)CCCS3. The maximum Gasteiger partial charge on any atom is 0.260 e. The molecule has 0 saturated carbocycles. The molecule has 2 N–H and O–H groups in total. The first-order valence-corrected chi connectivity index (χ1v) is 9.59. The molecule has 0 aliphatic carbocycles. The van der Waals surface area contributed by atoms with Crippen LogP contribution in [0.3, 0.4) is 0 Å². The highest BCUT2D eigenvalue weighted by Crippen LogP contribution is 2.40. The van der Waals surface area contributed by atoms with Gasteiger partial charge in [0.25, 0.3) is 5.56 Å². The third-order valence-electron chi connectivity index (χ3n) is 3.92. The van der Waals surface area contributed by atoms with Crippen molar-refractivity contribution >= 4 is 33.3 Å². The molecule has 0 amide bonds. The Morgan fingerprint density at radius 2 is 2.12 bits per heavy atom. The predicted octanol–water partition coefficient (Wildman–Crippen LogP) is 3.06. The monoisotopic (exact) mass is 360 g/mol. The number of nitrogens with zero attached hydrogens (tertiary/aromatic N) is 1. The largest absolute Gasteiger partial charge is 0.491 e. The van der Waals surface area contributed by atoms with E-state index < -0.39 is 0 Å². The second-order valence-corrected chi connectivity index (χ2v) is 7.87. The molecule has 5 nitrogen and oxygen atoms in total. The number of nitrogens with one attached hydrogen (secondary N) is 1. The van der Waals surface area contributed by atoms with Crippen molar-refractivity contribution in [3.63, 3.8) is 0 Å². The van der Waals surface area contributed by atoms with Crippen molar-refractivity contribution in [1.82, 2.24) is 9.97 Å². The topological polar surface area (TPSA) is 75.2 Å². The minimum absolute atomic E-state index is 0.0195. The lowest BCUT2D eigenvalue weighted by Gasteiger charge is -2.09. The summed E-state index contributed by atoms with van der Waals surface area (Å²) in [7, 11) is 0. The van der Waals surface area contributed by atoms with E-state index >= 15 is 0 Å². The molecular formula is C17H16N2O3S2. The summed E-state index contributed by atoms with van der Waals surface area (Å²) in [5.74, 6) is 2.36. The van der Waals surface area contributed by atoms with E-state index in [2.05, 4.69) is 9.97 Å². The molecule has 0 saturated heterocycles. The van der Waals surface area contributed by atoms with Crippen LogP contribution >= 0.6 is 23.1 Å². The summed E-state index contributed by atoms with van der Waals surface area (Å²) >= 11 is 3.44. The molecule has 3 aromatic rings. The van der Waals surface area contributed by atoms with Crippen LogP contribution in [0.5, 0.6) is 5.75 Å². The van der Waals surface area contributed by atoms with Crippen molar-refractivity contribution in [2.24, 2.45) is 0 Å². The fraction of sp³-hybridized carbons (Fsp3) is 0.294. The van der Waals surface area contributed by atoms with Gasteiger partial charge in [0.15, 0.2) is 0 Å². The normalized spacial score (nSPS) is 13.9. The Bertz CT molecular complexity index is 931. The van der Waals surface area contributed by atoms with E-state index in [0.29, 0.717) is 11.6 Å². The van der Waals surface area contributed by atoms with Gasteiger partial charge < -0.3 is 14.8 Å². The summed E-state index contributed by atoms with van der Waals surface area (Å²) in [6.07, 6.45) is 2.07. The highest BCUT2D eigenvalue weighted by molar-refractivity contribution is 8.01. The molecular weight excluding hydrogens is 344 g/mol. The Morgan fingerprint density at radius 1 is 1.29 bits per heavy atom. The van der Waals surface area contributed by atoms with Crippen molar-refractivity contribution in [1.29, 1.82) is 0 Å². The summed E-state index contributed by atoms with van der Waals surface area (Å²) in [6.45, 7) is 0.243. The van der Waals surface area contributed by atoms with Crippen LogP contribution in [0.1, 0.15) is 12.0 Å². The minimum Gasteiger partial charge on any atom is -0.491 e. The van der Waals surface area contributed by atoms with E-state index in [0.717, 1.165) is 34.4 Å². The van der Waals surface area contributed by atoms with Gasteiger partial charge in [-0.1, -0.05) is 0 Å². The molecule has 0 fully saturated rings. The molecule has 1 aliphatic heterocycles. The minimum atomic E-state index is -0.0596. The molecule has 0 bridgehead atoms. The number of aliphatic hydroxyl groups is 1. The first-order valence-electron chi connectivity index (χ1n) is 7.79. The molecule has 4 rings (SSSR count). The lowest BCUT2D eigenvalue weighted by molar-refractivity contribution is 0.201.